The number of hydrogen-bond acceptors (Lipinski definition) is 5. The topological polar surface area (TPSA) is 74.8 Å². The molecule has 0 saturated carbocycles. The summed E-state index contributed by atoms with van der Waals surface area (Å²) in [7, 11) is 1.50. The van der Waals surface area contributed by atoms with Crippen LogP contribution in [0.2, 0.25) is 10.0 Å². The average Bonchev–Trinajstić information content (AvgIpc) is 2.98. The Kier molecular flexibility index (Phi) is 7.17. The van der Waals surface area contributed by atoms with E-state index in [9.17, 15) is 9.59 Å². The highest BCUT2D eigenvalue weighted by atomic mass is 35.5. The summed E-state index contributed by atoms with van der Waals surface area (Å²) in [6.07, 6.45) is 2.09. The van der Waals surface area contributed by atoms with Crippen LogP contribution in [0.4, 0.5) is 10.6 Å². The van der Waals surface area contributed by atoms with Crippen LogP contribution in [0.3, 0.4) is 0 Å². The lowest BCUT2D eigenvalue weighted by Crippen LogP contribution is -2.37. The van der Waals surface area contributed by atoms with Crippen molar-refractivity contribution in [2.45, 2.75) is 6.42 Å². The van der Waals surface area contributed by atoms with Crippen LogP contribution in [0.15, 0.2) is 36.5 Å². The van der Waals surface area contributed by atoms with Crippen LogP contribution in [-0.4, -0.2) is 61.7 Å². The number of aromatic nitrogens is 1. The number of carbonyl (C=O) groups is 2. The molecule has 3 rings (SSSR count). The van der Waals surface area contributed by atoms with Gasteiger partial charge in [0, 0.05) is 60.6 Å². The van der Waals surface area contributed by atoms with Gasteiger partial charge < -0.3 is 19.9 Å². The van der Waals surface area contributed by atoms with Crippen molar-refractivity contribution in [2.75, 3.05) is 44.7 Å². The molecule has 1 aromatic heterocycles. The van der Waals surface area contributed by atoms with Gasteiger partial charge in [0.05, 0.1) is 0 Å². The fraction of sp³-hybridized carbons (Fsp3) is 0.350. The molecule has 1 aromatic carbocycles. The average molecular weight is 437 g/mol. The SMILES string of the molecule is CNC(=O)COC(=O)N1CCCN(c2ccc(-c3ccc(Cl)cc3Cl)cn2)CC1. The number of hydrogen-bond donors (Lipinski definition) is 1. The van der Waals surface area contributed by atoms with Crippen LogP contribution in [0.1, 0.15) is 6.42 Å². The molecule has 1 fully saturated rings. The highest BCUT2D eigenvalue weighted by Crippen LogP contribution is 2.30. The number of ether oxygens (including phenoxy) is 1. The first-order chi connectivity index (χ1) is 14.0. The molecular weight excluding hydrogens is 415 g/mol. The highest BCUT2D eigenvalue weighted by Gasteiger charge is 2.21. The van der Waals surface area contributed by atoms with Gasteiger partial charge in [0.15, 0.2) is 6.61 Å². The standard InChI is InChI=1S/C20H22Cl2N4O3/c1-23-19(27)13-29-20(28)26-8-2-7-25(9-10-26)18-6-3-14(12-24-18)16-5-4-15(21)11-17(16)22/h3-6,11-12H,2,7-10,13H2,1H3,(H,23,27). The van der Waals surface area contributed by atoms with Crippen LogP contribution in [0.5, 0.6) is 0 Å². The molecule has 1 aliphatic heterocycles. The molecule has 1 saturated heterocycles. The second-order valence-electron chi connectivity index (χ2n) is 6.58. The second-order valence-corrected chi connectivity index (χ2v) is 7.43. The lowest BCUT2D eigenvalue weighted by molar-refractivity contribution is -0.123. The fourth-order valence-corrected chi connectivity index (χ4v) is 3.59. The monoisotopic (exact) mass is 436 g/mol. The van der Waals surface area contributed by atoms with Gasteiger partial charge in [-0.3, -0.25) is 4.79 Å². The maximum Gasteiger partial charge on any atom is 0.410 e. The molecule has 2 aromatic rings. The molecule has 0 bridgehead atoms. The number of anilines is 1. The van der Waals surface area contributed by atoms with E-state index in [0.29, 0.717) is 29.7 Å². The van der Waals surface area contributed by atoms with Gasteiger partial charge >= 0.3 is 6.09 Å². The normalized spacial score (nSPS) is 14.3. The zero-order valence-corrected chi connectivity index (χ0v) is 17.5. The zero-order chi connectivity index (χ0) is 20.8. The molecule has 0 unspecified atom stereocenters. The summed E-state index contributed by atoms with van der Waals surface area (Å²) in [5.74, 6) is 0.499. The molecule has 2 heterocycles. The summed E-state index contributed by atoms with van der Waals surface area (Å²) < 4.78 is 5.03. The van der Waals surface area contributed by atoms with Crippen molar-refractivity contribution >= 4 is 41.0 Å². The van der Waals surface area contributed by atoms with E-state index in [1.54, 1.807) is 23.2 Å². The molecule has 154 valence electrons. The molecule has 0 atom stereocenters. The highest BCUT2D eigenvalue weighted by molar-refractivity contribution is 6.36. The van der Waals surface area contributed by atoms with Gasteiger partial charge in [0.2, 0.25) is 0 Å². The summed E-state index contributed by atoms with van der Waals surface area (Å²) in [6, 6.07) is 9.29. The summed E-state index contributed by atoms with van der Waals surface area (Å²) in [6.45, 7) is 2.20. The minimum atomic E-state index is -0.476. The lowest BCUT2D eigenvalue weighted by Gasteiger charge is -2.22. The third-order valence-electron chi connectivity index (χ3n) is 4.67. The third-order valence-corrected chi connectivity index (χ3v) is 5.22. The van der Waals surface area contributed by atoms with E-state index in [1.807, 2.05) is 18.2 Å². The van der Waals surface area contributed by atoms with Crippen molar-refractivity contribution < 1.29 is 14.3 Å². The van der Waals surface area contributed by atoms with Gasteiger partial charge in [-0.25, -0.2) is 9.78 Å². The Morgan fingerprint density at radius 3 is 2.66 bits per heavy atom. The lowest BCUT2D eigenvalue weighted by atomic mass is 10.1. The molecule has 0 spiro atoms. The maximum absolute atomic E-state index is 12.1. The Balaban J connectivity index is 1.61. The van der Waals surface area contributed by atoms with Gasteiger partial charge in [-0.05, 0) is 30.7 Å². The number of nitrogens with zero attached hydrogens (tertiary/aromatic N) is 3. The predicted molar refractivity (Wildman–Crippen MR) is 114 cm³/mol. The molecular formula is C20H22Cl2N4O3. The van der Waals surface area contributed by atoms with E-state index >= 15 is 0 Å². The zero-order valence-electron chi connectivity index (χ0n) is 16.0. The van der Waals surface area contributed by atoms with Gasteiger partial charge in [-0.2, -0.15) is 0 Å². The van der Waals surface area contributed by atoms with Crippen molar-refractivity contribution in [3.05, 3.63) is 46.6 Å². The molecule has 0 aliphatic carbocycles. The van der Waals surface area contributed by atoms with Crippen molar-refractivity contribution in [1.29, 1.82) is 0 Å². The maximum atomic E-state index is 12.1. The number of carbonyl (C=O) groups excluding carboxylic acids is 2. The van der Waals surface area contributed by atoms with Gasteiger partial charge in [-0.1, -0.05) is 29.3 Å². The molecule has 2 amide bonds. The van der Waals surface area contributed by atoms with E-state index in [1.165, 1.54) is 7.05 Å². The molecule has 9 heteroatoms. The first-order valence-corrected chi connectivity index (χ1v) is 10.0. The number of amides is 2. The number of pyridine rings is 1. The Labute approximate surface area is 179 Å². The van der Waals surface area contributed by atoms with Gasteiger partial charge in [0.1, 0.15) is 5.82 Å². The summed E-state index contributed by atoms with van der Waals surface area (Å²) in [5, 5.41) is 3.59. The smallest absolute Gasteiger partial charge is 0.410 e. The van der Waals surface area contributed by atoms with E-state index < -0.39 is 6.09 Å². The largest absolute Gasteiger partial charge is 0.439 e. The van der Waals surface area contributed by atoms with Crippen molar-refractivity contribution in [3.63, 3.8) is 0 Å². The van der Waals surface area contributed by atoms with Gasteiger partial charge in [-0.15, -0.1) is 0 Å². The number of halogens is 2. The Bertz CT molecular complexity index is 877. The number of benzene rings is 1. The van der Waals surface area contributed by atoms with E-state index in [0.717, 1.165) is 29.9 Å². The van der Waals surface area contributed by atoms with E-state index in [-0.39, 0.29) is 12.5 Å². The van der Waals surface area contributed by atoms with E-state index in [4.69, 9.17) is 27.9 Å². The molecule has 7 nitrogen and oxygen atoms in total. The van der Waals surface area contributed by atoms with Crippen molar-refractivity contribution in [1.82, 2.24) is 15.2 Å². The summed E-state index contributed by atoms with van der Waals surface area (Å²) in [5.41, 5.74) is 1.78. The van der Waals surface area contributed by atoms with E-state index in [2.05, 4.69) is 15.2 Å². The molecule has 0 radical (unpaired) electrons. The van der Waals surface area contributed by atoms with Crippen LogP contribution in [0, 0.1) is 0 Å². The first-order valence-electron chi connectivity index (χ1n) is 9.26. The molecule has 29 heavy (non-hydrogen) atoms. The Morgan fingerprint density at radius 2 is 1.97 bits per heavy atom. The Hall–Kier alpha value is -2.51. The minimum Gasteiger partial charge on any atom is -0.439 e. The molecule has 1 N–H and O–H groups in total. The predicted octanol–water partition coefficient (Wildman–Crippen LogP) is 3.45. The van der Waals surface area contributed by atoms with Crippen LogP contribution < -0.4 is 10.2 Å². The van der Waals surface area contributed by atoms with Crippen molar-refractivity contribution in [2.24, 2.45) is 0 Å². The number of rotatable bonds is 4. The van der Waals surface area contributed by atoms with Crippen LogP contribution in [-0.2, 0) is 9.53 Å². The van der Waals surface area contributed by atoms with Gasteiger partial charge in [0.25, 0.3) is 5.91 Å². The molecule has 1 aliphatic rings. The Morgan fingerprint density at radius 1 is 1.14 bits per heavy atom. The number of likely N-dealkylation sites (N-methyl/N-ethyl adjacent to an activating group) is 1. The quantitative estimate of drug-likeness (QED) is 0.793. The number of nitrogens with one attached hydrogen (secondary N) is 1. The summed E-state index contributed by atoms with van der Waals surface area (Å²) in [4.78, 5) is 31.7. The first kappa shape index (κ1) is 21.2. The minimum absolute atomic E-state index is 0.272. The fourth-order valence-electron chi connectivity index (χ4n) is 3.08. The summed E-state index contributed by atoms with van der Waals surface area (Å²) >= 11 is 12.2. The third kappa shape index (κ3) is 5.52. The second kappa shape index (κ2) is 9.80. The van der Waals surface area contributed by atoms with Crippen molar-refractivity contribution in [3.8, 4) is 11.1 Å². The van der Waals surface area contributed by atoms with Crippen LogP contribution >= 0.6 is 23.2 Å². The van der Waals surface area contributed by atoms with Crippen LogP contribution in [0.25, 0.3) is 11.1 Å².